The van der Waals surface area contributed by atoms with Crippen LogP contribution in [-0.4, -0.2) is 12.0 Å². The first-order valence-electron chi connectivity index (χ1n) is 8.38. The van der Waals surface area contributed by atoms with E-state index in [0.29, 0.717) is 12.2 Å². The number of esters is 1. The number of para-hydroxylation sites is 1. The fourth-order valence-corrected chi connectivity index (χ4v) is 5.05. The van der Waals surface area contributed by atoms with Crippen molar-refractivity contribution in [1.29, 1.82) is 0 Å². The molecule has 0 fully saturated rings. The van der Waals surface area contributed by atoms with Crippen molar-refractivity contribution in [2.75, 3.05) is 0 Å². The van der Waals surface area contributed by atoms with E-state index in [9.17, 15) is 9.36 Å². The Hall–Kier alpha value is -1.37. The molecule has 0 aliphatic carbocycles. The number of halogens is 1. The lowest BCUT2D eigenvalue weighted by Crippen LogP contribution is -2.37. The highest BCUT2D eigenvalue weighted by molar-refractivity contribution is 14.2. The van der Waals surface area contributed by atoms with E-state index in [1.807, 2.05) is 50.2 Å². The molecule has 0 saturated carbocycles. The fraction of sp³-hybridized carbons (Fsp3) is 0.316. The Kier molecular flexibility index (Phi) is 8.13. The normalized spacial score (nSPS) is 14.5. The van der Waals surface area contributed by atoms with Crippen LogP contribution >= 0.6 is 27.2 Å². The Morgan fingerprint density at radius 3 is 2.23 bits per heavy atom. The molecule has 0 bridgehead atoms. The van der Waals surface area contributed by atoms with Gasteiger partial charge >= 0.3 is 11.1 Å². The van der Waals surface area contributed by atoms with Crippen molar-refractivity contribution in [2.24, 2.45) is 5.92 Å². The van der Waals surface area contributed by atoms with Gasteiger partial charge in [0.05, 0.1) is 22.0 Å². The van der Waals surface area contributed by atoms with E-state index < -0.39 is 17.2 Å². The van der Waals surface area contributed by atoms with Crippen LogP contribution in [0.25, 0.3) is 0 Å². The topological polar surface area (TPSA) is 64.6 Å². The van der Waals surface area contributed by atoms with Crippen molar-refractivity contribution in [1.82, 2.24) is 5.09 Å². The van der Waals surface area contributed by atoms with Gasteiger partial charge in [0.15, 0.2) is 0 Å². The number of nitrogens with one attached hydrogen (secondary N) is 1. The fourth-order valence-electron chi connectivity index (χ4n) is 2.33. The lowest BCUT2D eigenvalue weighted by molar-refractivity contribution is -0.147. The van der Waals surface area contributed by atoms with E-state index in [1.54, 1.807) is 46.3 Å². The third kappa shape index (κ3) is 7.48. The molecule has 0 saturated heterocycles. The van der Waals surface area contributed by atoms with Gasteiger partial charge in [0.1, 0.15) is 18.4 Å². The largest absolute Gasteiger partial charge is 0.460 e. The molecule has 0 heterocycles. The number of hydrogen-bond acceptors (Lipinski definition) is 4. The first-order valence-corrected chi connectivity index (χ1v) is 12.8. The molecule has 0 amide bonds. The van der Waals surface area contributed by atoms with Gasteiger partial charge in [0, 0.05) is 0 Å². The van der Waals surface area contributed by atoms with Crippen molar-refractivity contribution < 1.29 is 18.6 Å². The number of rotatable bonds is 9. The molecule has 0 aliphatic rings. The monoisotopic (exact) mass is 487 g/mol. The van der Waals surface area contributed by atoms with Crippen LogP contribution in [0.1, 0.15) is 25.8 Å². The summed E-state index contributed by atoms with van der Waals surface area (Å²) in [5.41, 5.74) is 0.905. The summed E-state index contributed by atoms with van der Waals surface area (Å²) in [6, 6.07) is 17.6. The third-order valence-electron chi connectivity index (χ3n) is 3.49. The van der Waals surface area contributed by atoms with Gasteiger partial charge < -0.3 is 9.26 Å². The van der Waals surface area contributed by atoms with Crippen molar-refractivity contribution in [3.63, 3.8) is 0 Å². The molecular weight excluding hydrogens is 464 g/mol. The van der Waals surface area contributed by atoms with E-state index in [-0.39, 0.29) is 12.5 Å². The lowest BCUT2D eigenvalue weighted by Gasteiger charge is -2.23. The predicted octanol–water partition coefficient (Wildman–Crippen LogP) is 5.36. The third-order valence-corrected chi connectivity index (χ3v) is 5.98. The van der Waals surface area contributed by atoms with Gasteiger partial charge in [-0.3, -0.25) is 4.79 Å². The summed E-state index contributed by atoms with van der Waals surface area (Å²) in [4.78, 5) is 12.5. The van der Waals surface area contributed by atoms with Gasteiger partial charge in [0.25, 0.3) is 0 Å². The van der Waals surface area contributed by atoms with Gasteiger partial charge in [-0.2, -0.15) is 0 Å². The highest BCUT2D eigenvalue weighted by Gasteiger charge is 2.31. The Labute approximate surface area is 167 Å². The quantitative estimate of drug-likeness (QED) is 0.293. The van der Waals surface area contributed by atoms with Crippen molar-refractivity contribution >= 4 is 33.2 Å². The molecule has 2 rings (SSSR count). The number of benzene rings is 2. The molecule has 0 radical (unpaired) electrons. The predicted molar refractivity (Wildman–Crippen MR) is 111 cm³/mol. The summed E-state index contributed by atoms with van der Waals surface area (Å²) >= 11 is 1.73. The van der Waals surface area contributed by atoms with Gasteiger partial charge in [-0.1, -0.05) is 62.4 Å². The van der Waals surface area contributed by atoms with Crippen LogP contribution in [-0.2, 0) is 20.7 Å². The van der Waals surface area contributed by atoms with Gasteiger partial charge in [0.2, 0.25) is 0 Å². The zero-order valence-corrected chi connectivity index (χ0v) is 17.9. The summed E-state index contributed by atoms with van der Waals surface area (Å²) in [7, 11) is 0. The summed E-state index contributed by atoms with van der Waals surface area (Å²) < 4.78 is 23.8. The van der Waals surface area contributed by atoms with Gasteiger partial charge in [-0.15, -0.1) is 0 Å². The van der Waals surface area contributed by atoms with Crippen LogP contribution in [0.5, 0.6) is 5.75 Å². The zero-order valence-electron chi connectivity index (χ0n) is 14.8. The Balaban J connectivity index is 2.00. The summed E-state index contributed by atoms with van der Waals surface area (Å²) in [5.74, 6) is 0.277. The van der Waals surface area contributed by atoms with Crippen LogP contribution in [0.4, 0.5) is 0 Å². The highest BCUT2D eigenvalue weighted by Crippen LogP contribution is 2.52. The molecule has 2 aromatic rings. The molecule has 0 aromatic heterocycles. The number of carbonyl (C=O) groups is 1. The van der Waals surface area contributed by atoms with E-state index in [4.69, 9.17) is 9.26 Å². The summed E-state index contributed by atoms with van der Waals surface area (Å²) in [6.07, 6.45) is 0.499. The smallest absolute Gasteiger partial charge is 0.374 e. The van der Waals surface area contributed by atoms with Crippen LogP contribution in [0, 0.1) is 5.92 Å². The van der Waals surface area contributed by atoms with Crippen LogP contribution in [0.3, 0.4) is 0 Å². The second-order valence-corrected chi connectivity index (χ2v) is 11.5. The molecule has 0 spiro atoms. The molecule has 7 heteroatoms. The molecule has 140 valence electrons. The lowest BCUT2D eigenvalue weighted by atomic mass is 10.1. The first-order chi connectivity index (χ1) is 12.4. The molecule has 1 unspecified atom stereocenters. The van der Waals surface area contributed by atoms with E-state index in [0.717, 1.165) is 5.56 Å². The van der Waals surface area contributed by atoms with Crippen molar-refractivity contribution in [3.05, 3.63) is 66.2 Å². The maximum atomic E-state index is 12.8. The van der Waals surface area contributed by atoms with Crippen LogP contribution in [0.15, 0.2) is 60.7 Å². The maximum absolute atomic E-state index is 12.8. The SMILES string of the molecule is CC(C)C[C@H](NP(=O)(I)Oc1ccccc1)C(=O)OCc1ccccc1. The van der Waals surface area contributed by atoms with Crippen molar-refractivity contribution in [3.8, 4) is 5.75 Å². The molecule has 2 aromatic carbocycles. The second-order valence-electron chi connectivity index (χ2n) is 6.29. The van der Waals surface area contributed by atoms with E-state index in [1.165, 1.54) is 0 Å². The number of ether oxygens (including phenoxy) is 1. The second kappa shape index (κ2) is 10.1. The molecule has 0 aliphatic heterocycles. The van der Waals surface area contributed by atoms with E-state index >= 15 is 0 Å². The number of hydrogen-bond donors (Lipinski definition) is 1. The standard InChI is InChI=1S/C19H23INO4P/c1-15(2)13-18(19(22)24-14-16-9-5-3-6-10-16)21-26(20,23)25-17-11-7-4-8-12-17/h3-12,15,18H,13-14H2,1-2H3,(H,21,23)/t18-,26?/m0/s1. The Morgan fingerprint density at radius 2 is 1.65 bits per heavy atom. The summed E-state index contributed by atoms with van der Waals surface area (Å²) in [6.45, 7) is 4.17. The minimum atomic E-state index is -3.26. The van der Waals surface area contributed by atoms with Crippen LogP contribution in [0.2, 0.25) is 0 Å². The minimum absolute atomic E-state index is 0.182. The van der Waals surface area contributed by atoms with Gasteiger partial charge in [-0.05, 0) is 30.0 Å². The zero-order chi connectivity index (χ0) is 19.0. The highest BCUT2D eigenvalue weighted by atomic mass is 127. The summed E-state index contributed by atoms with van der Waals surface area (Å²) in [5, 5.41) is -0.402. The average Bonchev–Trinajstić information content (AvgIpc) is 2.60. The maximum Gasteiger partial charge on any atom is 0.374 e. The van der Waals surface area contributed by atoms with E-state index in [2.05, 4.69) is 5.09 Å². The molecule has 26 heavy (non-hydrogen) atoms. The molecule has 1 N–H and O–H groups in total. The van der Waals surface area contributed by atoms with Crippen LogP contribution < -0.4 is 9.61 Å². The minimum Gasteiger partial charge on any atom is -0.460 e. The average molecular weight is 487 g/mol. The number of carbonyl (C=O) groups excluding carboxylic acids is 1. The van der Waals surface area contributed by atoms with Crippen molar-refractivity contribution in [2.45, 2.75) is 32.9 Å². The molecule has 5 nitrogen and oxygen atoms in total. The Morgan fingerprint density at radius 1 is 1.08 bits per heavy atom. The first kappa shape index (κ1) is 20.9. The van der Waals surface area contributed by atoms with Gasteiger partial charge in [-0.25, -0.2) is 9.65 Å². The molecule has 2 atom stereocenters. The molecular formula is C19H23INO4P. The Bertz CT molecular complexity index is 740.